The first kappa shape index (κ1) is 11.9. The van der Waals surface area contributed by atoms with Crippen LogP contribution in [0.3, 0.4) is 0 Å². The van der Waals surface area contributed by atoms with E-state index in [9.17, 15) is 9.59 Å². The van der Waals surface area contributed by atoms with Crippen LogP contribution in [-0.4, -0.2) is 39.7 Å². The van der Waals surface area contributed by atoms with Crippen LogP contribution < -0.4 is 11.1 Å². The lowest BCUT2D eigenvalue weighted by Gasteiger charge is -2.10. The topological polar surface area (TPSA) is 126 Å². The Morgan fingerprint density at radius 3 is 2.62 bits per heavy atom. The standard InChI is InChI=1S/C9H11N3O4/c10-5-1-2-6(11-3-5)8(14)12-7(4-13)9(15)16/h1-3,7,13H,4,10H2,(H,12,14)(H,15,16). The summed E-state index contributed by atoms with van der Waals surface area (Å²) in [7, 11) is 0. The van der Waals surface area contributed by atoms with Gasteiger partial charge in [-0.1, -0.05) is 0 Å². The van der Waals surface area contributed by atoms with Crippen molar-refractivity contribution in [2.45, 2.75) is 6.04 Å². The van der Waals surface area contributed by atoms with E-state index in [1.54, 1.807) is 0 Å². The average molecular weight is 225 g/mol. The van der Waals surface area contributed by atoms with E-state index >= 15 is 0 Å². The van der Waals surface area contributed by atoms with Gasteiger partial charge in [0.05, 0.1) is 18.5 Å². The van der Waals surface area contributed by atoms with Gasteiger partial charge in [-0.15, -0.1) is 0 Å². The third-order valence-electron chi connectivity index (χ3n) is 1.80. The largest absolute Gasteiger partial charge is 0.480 e. The fourth-order valence-corrected chi connectivity index (χ4v) is 0.957. The van der Waals surface area contributed by atoms with Crippen LogP contribution in [0.2, 0.25) is 0 Å². The molecule has 1 aromatic rings. The maximum absolute atomic E-state index is 11.4. The number of aliphatic hydroxyl groups excluding tert-OH is 1. The molecule has 5 N–H and O–H groups in total. The van der Waals surface area contributed by atoms with Crippen LogP contribution in [0.25, 0.3) is 0 Å². The molecule has 86 valence electrons. The maximum Gasteiger partial charge on any atom is 0.328 e. The summed E-state index contributed by atoms with van der Waals surface area (Å²) in [6.45, 7) is -0.684. The minimum Gasteiger partial charge on any atom is -0.480 e. The summed E-state index contributed by atoms with van der Waals surface area (Å²) in [5.74, 6) is -1.99. The second kappa shape index (κ2) is 5.08. The predicted octanol–water partition coefficient (Wildman–Crippen LogP) is -1.16. The summed E-state index contributed by atoms with van der Waals surface area (Å²) in [6.07, 6.45) is 1.28. The van der Waals surface area contributed by atoms with E-state index in [-0.39, 0.29) is 5.69 Å². The van der Waals surface area contributed by atoms with Gasteiger partial charge in [-0.25, -0.2) is 9.78 Å². The zero-order valence-corrected chi connectivity index (χ0v) is 8.25. The fourth-order valence-electron chi connectivity index (χ4n) is 0.957. The summed E-state index contributed by atoms with van der Waals surface area (Å²) in [6, 6.07) is 1.49. The molecule has 1 atom stereocenters. The molecule has 0 aliphatic carbocycles. The number of aliphatic hydroxyl groups is 1. The summed E-state index contributed by atoms with van der Waals surface area (Å²) in [4.78, 5) is 25.7. The molecule has 1 heterocycles. The Hall–Kier alpha value is -2.15. The number of carbonyl (C=O) groups excluding carboxylic acids is 1. The van der Waals surface area contributed by atoms with Gasteiger partial charge in [0, 0.05) is 0 Å². The van der Waals surface area contributed by atoms with Gasteiger partial charge >= 0.3 is 5.97 Å². The highest BCUT2D eigenvalue weighted by atomic mass is 16.4. The molecule has 0 radical (unpaired) electrons. The summed E-state index contributed by atoms with van der Waals surface area (Å²) in [5.41, 5.74) is 5.81. The molecule has 0 spiro atoms. The van der Waals surface area contributed by atoms with Crippen molar-refractivity contribution in [2.24, 2.45) is 0 Å². The molecule has 0 bridgehead atoms. The molecule has 0 fully saturated rings. The number of nitrogens with zero attached hydrogens (tertiary/aromatic N) is 1. The number of nitrogens with one attached hydrogen (secondary N) is 1. The lowest BCUT2D eigenvalue weighted by atomic mass is 10.2. The average Bonchev–Trinajstić information content (AvgIpc) is 2.26. The Morgan fingerprint density at radius 1 is 1.50 bits per heavy atom. The van der Waals surface area contributed by atoms with Crippen molar-refractivity contribution in [1.29, 1.82) is 0 Å². The quantitative estimate of drug-likeness (QED) is 0.512. The normalized spacial score (nSPS) is 11.8. The molecule has 0 saturated carbocycles. The molecule has 0 aliphatic rings. The van der Waals surface area contributed by atoms with Crippen LogP contribution in [-0.2, 0) is 4.79 Å². The highest BCUT2D eigenvalue weighted by molar-refractivity contribution is 5.95. The first-order valence-corrected chi connectivity index (χ1v) is 4.40. The van der Waals surface area contributed by atoms with E-state index in [1.165, 1.54) is 18.3 Å². The van der Waals surface area contributed by atoms with E-state index in [2.05, 4.69) is 10.3 Å². The highest BCUT2D eigenvalue weighted by Crippen LogP contribution is 2.01. The Bertz CT molecular complexity index is 390. The lowest BCUT2D eigenvalue weighted by Crippen LogP contribution is -2.43. The zero-order chi connectivity index (χ0) is 12.1. The summed E-state index contributed by atoms with van der Waals surface area (Å²) >= 11 is 0. The van der Waals surface area contributed by atoms with Crippen molar-refractivity contribution in [3.8, 4) is 0 Å². The van der Waals surface area contributed by atoms with Crippen molar-refractivity contribution in [3.63, 3.8) is 0 Å². The number of carboxylic acid groups (broad SMARTS) is 1. The summed E-state index contributed by atoms with van der Waals surface area (Å²) < 4.78 is 0. The number of rotatable bonds is 4. The van der Waals surface area contributed by atoms with Crippen molar-refractivity contribution in [3.05, 3.63) is 24.0 Å². The van der Waals surface area contributed by atoms with Gasteiger partial charge in [0.1, 0.15) is 5.69 Å². The Labute approximate surface area is 90.9 Å². The number of amides is 1. The van der Waals surface area contributed by atoms with E-state index < -0.39 is 24.5 Å². The second-order valence-electron chi connectivity index (χ2n) is 3.02. The number of aliphatic carboxylic acids is 1. The van der Waals surface area contributed by atoms with Gasteiger partial charge in [-0.05, 0) is 12.1 Å². The number of nitrogens with two attached hydrogens (primary N) is 1. The zero-order valence-electron chi connectivity index (χ0n) is 8.25. The number of hydrogen-bond acceptors (Lipinski definition) is 5. The molecule has 0 aliphatic heterocycles. The molecule has 1 rings (SSSR count). The van der Waals surface area contributed by atoms with Crippen LogP contribution in [0, 0.1) is 0 Å². The smallest absolute Gasteiger partial charge is 0.328 e. The van der Waals surface area contributed by atoms with E-state index in [1.807, 2.05) is 0 Å². The third-order valence-corrected chi connectivity index (χ3v) is 1.80. The van der Waals surface area contributed by atoms with Crippen molar-refractivity contribution in [2.75, 3.05) is 12.3 Å². The van der Waals surface area contributed by atoms with Gasteiger partial charge in [-0.2, -0.15) is 0 Å². The number of carbonyl (C=O) groups is 2. The van der Waals surface area contributed by atoms with Gasteiger partial charge < -0.3 is 21.3 Å². The van der Waals surface area contributed by atoms with Crippen LogP contribution in [0.15, 0.2) is 18.3 Å². The maximum atomic E-state index is 11.4. The van der Waals surface area contributed by atoms with Gasteiger partial charge in [0.2, 0.25) is 0 Å². The molecule has 7 heteroatoms. The van der Waals surface area contributed by atoms with Crippen molar-refractivity contribution < 1.29 is 19.8 Å². The van der Waals surface area contributed by atoms with Gasteiger partial charge in [0.25, 0.3) is 5.91 Å². The molecule has 0 saturated heterocycles. The molecule has 1 amide bonds. The number of aromatic nitrogens is 1. The number of pyridine rings is 1. The van der Waals surface area contributed by atoms with Crippen molar-refractivity contribution in [1.82, 2.24) is 10.3 Å². The first-order valence-electron chi connectivity index (χ1n) is 4.40. The molecular weight excluding hydrogens is 214 g/mol. The molecule has 1 aromatic heterocycles. The molecular formula is C9H11N3O4. The van der Waals surface area contributed by atoms with Crippen LogP contribution in [0.1, 0.15) is 10.5 Å². The minimum absolute atomic E-state index is 0.0360. The Kier molecular flexibility index (Phi) is 3.78. The monoisotopic (exact) mass is 225 g/mol. The number of hydrogen-bond donors (Lipinski definition) is 4. The highest BCUT2D eigenvalue weighted by Gasteiger charge is 2.19. The Balaban J connectivity index is 2.71. The van der Waals surface area contributed by atoms with Crippen LogP contribution >= 0.6 is 0 Å². The molecule has 1 unspecified atom stereocenters. The number of carboxylic acids is 1. The molecule has 16 heavy (non-hydrogen) atoms. The van der Waals surface area contributed by atoms with Crippen LogP contribution in [0.4, 0.5) is 5.69 Å². The first-order chi connectivity index (χ1) is 7.54. The minimum atomic E-state index is -1.34. The predicted molar refractivity (Wildman–Crippen MR) is 54.6 cm³/mol. The van der Waals surface area contributed by atoms with Crippen molar-refractivity contribution >= 4 is 17.6 Å². The second-order valence-corrected chi connectivity index (χ2v) is 3.02. The molecule has 7 nitrogen and oxygen atoms in total. The Morgan fingerprint density at radius 2 is 2.19 bits per heavy atom. The van der Waals surface area contributed by atoms with Gasteiger partial charge in [-0.3, -0.25) is 4.79 Å². The summed E-state index contributed by atoms with van der Waals surface area (Å²) in [5, 5.41) is 19.4. The SMILES string of the molecule is Nc1ccc(C(=O)NC(CO)C(=O)O)nc1. The van der Waals surface area contributed by atoms with E-state index in [0.717, 1.165) is 0 Å². The van der Waals surface area contributed by atoms with E-state index in [0.29, 0.717) is 5.69 Å². The van der Waals surface area contributed by atoms with Gasteiger partial charge in [0.15, 0.2) is 6.04 Å². The van der Waals surface area contributed by atoms with Crippen LogP contribution in [0.5, 0.6) is 0 Å². The third kappa shape index (κ3) is 2.92. The fraction of sp³-hybridized carbons (Fsp3) is 0.222. The molecule has 0 aromatic carbocycles. The number of nitrogen functional groups attached to an aromatic ring is 1. The van der Waals surface area contributed by atoms with E-state index in [4.69, 9.17) is 15.9 Å². The number of anilines is 1. The lowest BCUT2D eigenvalue weighted by molar-refractivity contribution is -0.140.